The second-order valence-electron chi connectivity index (χ2n) is 7.55. The van der Waals surface area contributed by atoms with Crippen LogP contribution in [0.5, 0.6) is 0 Å². The van der Waals surface area contributed by atoms with Gasteiger partial charge < -0.3 is 21.7 Å². The molecule has 1 saturated heterocycles. The van der Waals surface area contributed by atoms with Crippen LogP contribution in [-0.2, 0) is 0 Å². The number of nitrogens with one attached hydrogen (secondary N) is 1. The minimum absolute atomic E-state index is 0.117. The second kappa shape index (κ2) is 8.46. The number of hydrogen-bond acceptors (Lipinski definition) is 7. The molecule has 1 unspecified atom stereocenters. The van der Waals surface area contributed by atoms with E-state index in [0.29, 0.717) is 22.8 Å². The lowest BCUT2D eigenvalue weighted by atomic mass is 10.1. The van der Waals surface area contributed by atoms with Crippen LogP contribution in [-0.4, -0.2) is 40.0 Å². The first-order chi connectivity index (χ1) is 14.5. The molecule has 8 nitrogen and oxygen atoms in total. The van der Waals surface area contributed by atoms with E-state index in [1.165, 1.54) is 0 Å². The lowest BCUT2D eigenvalue weighted by Gasteiger charge is -2.33. The van der Waals surface area contributed by atoms with Crippen LogP contribution in [0.3, 0.4) is 0 Å². The Hall–Kier alpha value is -3.52. The standard InChI is InChI=1S/C22H25N7O/c1-14-4-6-17(26-11-14)18-7-5-16(24)21(27-18)22(30)28-19-12-25-9-8-20(19)29-10-2-3-15(23)13-29/h4-9,11-12,15H,2-3,10,13,23-24H2,1H3,(H,28,30). The van der Waals surface area contributed by atoms with Gasteiger partial charge in [0.1, 0.15) is 0 Å². The summed E-state index contributed by atoms with van der Waals surface area (Å²) in [6.45, 7) is 3.59. The van der Waals surface area contributed by atoms with Crippen LogP contribution in [0.15, 0.2) is 48.9 Å². The predicted molar refractivity (Wildman–Crippen MR) is 118 cm³/mol. The molecule has 8 heteroatoms. The fraction of sp³-hybridized carbons (Fsp3) is 0.273. The van der Waals surface area contributed by atoms with Crippen molar-refractivity contribution in [2.45, 2.75) is 25.8 Å². The number of aryl methyl sites for hydroxylation is 1. The molecule has 0 spiro atoms. The Labute approximate surface area is 175 Å². The van der Waals surface area contributed by atoms with Gasteiger partial charge in [0.25, 0.3) is 5.91 Å². The summed E-state index contributed by atoms with van der Waals surface area (Å²) in [5.41, 5.74) is 16.5. The number of pyridine rings is 3. The lowest BCUT2D eigenvalue weighted by Crippen LogP contribution is -2.43. The average molecular weight is 403 g/mol. The zero-order valence-corrected chi connectivity index (χ0v) is 16.9. The van der Waals surface area contributed by atoms with Gasteiger partial charge in [0.05, 0.1) is 34.6 Å². The minimum Gasteiger partial charge on any atom is -0.397 e. The third-order valence-corrected chi connectivity index (χ3v) is 5.16. The fourth-order valence-electron chi connectivity index (χ4n) is 3.58. The first kappa shape index (κ1) is 19.8. The molecule has 0 radical (unpaired) electrons. The van der Waals surface area contributed by atoms with Gasteiger partial charge in [-0.05, 0) is 49.6 Å². The van der Waals surface area contributed by atoms with E-state index in [4.69, 9.17) is 11.5 Å². The molecule has 1 aliphatic rings. The number of amides is 1. The van der Waals surface area contributed by atoms with E-state index in [-0.39, 0.29) is 11.7 Å². The Morgan fingerprint density at radius 3 is 2.77 bits per heavy atom. The highest BCUT2D eigenvalue weighted by Gasteiger charge is 2.21. The molecule has 4 heterocycles. The van der Waals surface area contributed by atoms with Crippen LogP contribution in [0.2, 0.25) is 0 Å². The van der Waals surface area contributed by atoms with Gasteiger partial charge in [-0.1, -0.05) is 6.07 Å². The van der Waals surface area contributed by atoms with Gasteiger partial charge in [0.2, 0.25) is 0 Å². The number of nitrogens with two attached hydrogens (primary N) is 2. The van der Waals surface area contributed by atoms with E-state index < -0.39 is 5.91 Å². The molecule has 1 aliphatic heterocycles. The summed E-state index contributed by atoms with van der Waals surface area (Å²) in [6, 6.07) is 9.25. The summed E-state index contributed by atoms with van der Waals surface area (Å²) in [5, 5.41) is 2.92. The summed E-state index contributed by atoms with van der Waals surface area (Å²) in [5.74, 6) is -0.392. The number of carbonyl (C=O) groups excluding carboxylic acids is 1. The molecule has 0 saturated carbocycles. The minimum atomic E-state index is -0.392. The first-order valence-corrected chi connectivity index (χ1v) is 9.96. The lowest BCUT2D eigenvalue weighted by molar-refractivity contribution is 0.102. The molecule has 1 fully saturated rings. The molecule has 154 valence electrons. The summed E-state index contributed by atoms with van der Waals surface area (Å²) in [6.07, 6.45) is 7.12. The van der Waals surface area contributed by atoms with Crippen molar-refractivity contribution in [2.75, 3.05) is 29.0 Å². The topological polar surface area (TPSA) is 123 Å². The largest absolute Gasteiger partial charge is 0.397 e. The molecule has 3 aromatic rings. The third-order valence-electron chi connectivity index (χ3n) is 5.16. The summed E-state index contributed by atoms with van der Waals surface area (Å²) in [4.78, 5) is 28.2. The highest BCUT2D eigenvalue weighted by atomic mass is 16.1. The van der Waals surface area contributed by atoms with Gasteiger partial charge >= 0.3 is 0 Å². The van der Waals surface area contributed by atoms with Crippen LogP contribution >= 0.6 is 0 Å². The number of nitrogen functional groups attached to an aromatic ring is 1. The van der Waals surface area contributed by atoms with E-state index >= 15 is 0 Å². The predicted octanol–water partition coefficient (Wildman–Crippen LogP) is 2.61. The number of anilines is 3. The van der Waals surface area contributed by atoms with E-state index in [0.717, 1.165) is 37.2 Å². The highest BCUT2D eigenvalue weighted by molar-refractivity contribution is 6.07. The van der Waals surface area contributed by atoms with E-state index in [1.54, 1.807) is 30.7 Å². The molecule has 0 aromatic carbocycles. The Balaban J connectivity index is 1.60. The average Bonchev–Trinajstić information content (AvgIpc) is 2.75. The Kier molecular flexibility index (Phi) is 5.58. The Bertz CT molecular complexity index is 1050. The van der Waals surface area contributed by atoms with Gasteiger partial charge in [-0.3, -0.25) is 14.8 Å². The highest BCUT2D eigenvalue weighted by Crippen LogP contribution is 2.28. The maximum Gasteiger partial charge on any atom is 0.276 e. The molecule has 3 aromatic heterocycles. The number of rotatable bonds is 4. The number of carbonyl (C=O) groups is 1. The molecular weight excluding hydrogens is 378 g/mol. The molecule has 4 rings (SSSR count). The van der Waals surface area contributed by atoms with Gasteiger partial charge in [0.15, 0.2) is 5.69 Å². The molecule has 5 N–H and O–H groups in total. The molecule has 0 bridgehead atoms. The first-order valence-electron chi connectivity index (χ1n) is 9.96. The van der Waals surface area contributed by atoms with Crippen molar-refractivity contribution in [3.63, 3.8) is 0 Å². The van der Waals surface area contributed by atoms with Gasteiger partial charge in [-0.25, -0.2) is 4.98 Å². The van der Waals surface area contributed by atoms with E-state index in [9.17, 15) is 4.79 Å². The van der Waals surface area contributed by atoms with E-state index in [2.05, 4.69) is 25.2 Å². The molecule has 1 atom stereocenters. The summed E-state index contributed by atoms with van der Waals surface area (Å²) < 4.78 is 0. The SMILES string of the molecule is Cc1ccc(-c2ccc(N)c(C(=O)Nc3cnccc3N3CCCC(N)C3)n2)nc1. The smallest absolute Gasteiger partial charge is 0.276 e. The number of nitrogens with zero attached hydrogens (tertiary/aromatic N) is 4. The van der Waals surface area contributed by atoms with Crippen molar-refractivity contribution >= 4 is 23.0 Å². The quantitative estimate of drug-likeness (QED) is 0.612. The maximum atomic E-state index is 13.0. The van der Waals surface area contributed by atoms with Crippen molar-refractivity contribution < 1.29 is 4.79 Å². The zero-order valence-electron chi connectivity index (χ0n) is 16.9. The summed E-state index contributed by atoms with van der Waals surface area (Å²) >= 11 is 0. The molecular formula is C22H25N7O. The van der Waals surface area contributed by atoms with Gasteiger partial charge in [-0.15, -0.1) is 0 Å². The van der Waals surface area contributed by atoms with Crippen molar-refractivity contribution in [3.8, 4) is 11.4 Å². The van der Waals surface area contributed by atoms with Gasteiger partial charge in [0, 0.05) is 31.5 Å². The summed E-state index contributed by atoms with van der Waals surface area (Å²) in [7, 11) is 0. The van der Waals surface area contributed by atoms with Crippen LogP contribution < -0.4 is 21.7 Å². The van der Waals surface area contributed by atoms with Crippen molar-refractivity contribution in [3.05, 3.63) is 60.2 Å². The molecule has 0 aliphatic carbocycles. The van der Waals surface area contributed by atoms with Crippen molar-refractivity contribution in [2.24, 2.45) is 5.73 Å². The fourth-order valence-corrected chi connectivity index (χ4v) is 3.58. The van der Waals surface area contributed by atoms with E-state index in [1.807, 2.05) is 25.1 Å². The zero-order chi connectivity index (χ0) is 21.1. The third kappa shape index (κ3) is 4.23. The van der Waals surface area contributed by atoms with Crippen LogP contribution in [0.4, 0.5) is 17.1 Å². The number of hydrogen-bond donors (Lipinski definition) is 3. The van der Waals surface area contributed by atoms with Crippen LogP contribution in [0.1, 0.15) is 28.9 Å². The van der Waals surface area contributed by atoms with Crippen molar-refractivity contribution in [1.29, 1.82) is 0 Å². The maximum absolute atomic E-state index is 13.0. The van der Waals surface area contributed by atoms with Crippen molar-refractivity contribution in [1.82, 2.24) is 15.0 Å². The molecule has 1 amide bonds. The Morgan fingerprint density at radius 1 is 1.17 bits per heavy atom. The van der Waals surface area contributed by atoms with Crippen LogP contribution in [0, 0.1) is 6.92 Å². The monoisotopic (exact) mass is 403 g/mol. The number of piperidine rings is 1. The van der Waals surface area contributed by atoms with Gasteiger partial charge in [-0.2, -0.15) is 0 Å². The molecule has 30 heavy (non-hydrogen) atoms. The normalized spacial score (nSPS) is 16.3. The van der Waals surface area contributed by atoms with Crippen LogP contribution in [0.25, 0.3) is 11.4 Å². The Morgan fingerprint density at radius 2 is 2.00 bits per heavy atom. The second-order valence-corrected chi connectivity index (χ2v) is 7.55. The number of aromatic nitrogens is 3.